The molecule has 0 fully saturated rings. The Labute approximate surface area is 66.5 Å². The molecule has 1 aromatic heterocycles. The first kappa shape index (κ1) is 7.87. The number of rotatable bonds is 3. The average Bonchev–Trinajstić information content (AvgIpc) is 2.40. The molecular formula is C6H5NO3S. The summed E-state index contributed by atoms with van der Waals surface area (Å²) in [6, 6.07) is 0. The fourth-order valence-electron chi connectivity index (χ4n) is 0.610. The van der Waals surface area contributed by atoms with E-state index >= 15 is 0 Å². The number of aldehydes is 1. The molecule has 0 saturated heterocycles. The minimum Gasteiger partial charge on any atom is -0.480 e. The summed E-state index contributed by atoms with van der Waals surface area (Å²) >= 11 is 1.16. The highest BCUT2D eigenvalue weighted by Gasteiger charge is 2.20. The van der Waals surface area contributed by atoms with E-state index in [1.807, 2.05) is 0 Å². The number of carbonyl (C=O) groups is 2. The second kappa shape index (κ2) is 3.25. The summed E-state index contributed by atoms with van der Waals surface area (Å²) < 4.78 is 0. The van der Waals surface area contributed by atoms with Crippen LogP contribution in [0.2, 0.25) is 0 Å². The van der Waals surface area contributed by atoms with Gasteiger partial charge in [-0.15, -0.1) is 11.3 Å². The number of hydrogen-bond acceptors (Lipinski definition) is 4. The van der Waals surface area contributed by atoms with Crippen molar-refractivity contribution in [3.63, 3.8) is 0 Å². The van der Waals surface area contributed by atoms with Gasteiger partial charge in [0, 0.05) is 11.6 Å². The Bertz CT molecular complexity index is 257. The zero-order chi connectivity index (χ0) is 8.27. The van der Waals surface area contributed by atoms with E-state index in [0.29, 0.717) is 11.3 Å². The van der Waals surface area contributed by atoms with E-state index in [2.05, 4.69) is 4.98 Å². The van der Waals surface area contributed by atoms with Crippen LogP contribution in [-0.2, 0) is 9.59 Å². The number of thiazole rings is 1. The number of hydrogen-bond donors (Lipinski definition) is 1. The highest BCUT2D eigenvalue weighted by atomic mass is 32.1. The Morgan fingerprint density at radius 3 is 2.91 bits per heavy atom. The van der Waals surface area contributed by atoms with Gasteiger partial charge in [0.25, 0.3) is 0 Å². The van der Waals surface area contributed by atoms with Gasteiger partial charge in [-0.2, -0.15) is 0 Å². The minimum absolute atomic E-state index is 0.326. The molecule has 1 rings (SSSR count). The molecule has 0 amide bonds. The van der Waals surface area contributed by atoms with Crippen LogP contribution < -0.4 is 0 Å². The first-order chi connectivity index (χ1) is 5.25. The normalized spacial score (nSPS) is 12.4. The maximum absolute atomic E-state index is 10.4. The standard InChI is InChI=1S/C6H5NO3S/c8-3-4(6(9)10)5-7-1-2-11-5/h1-4H,(H,9,10). The molecule has 1 atom stereocenters. The summed E-state index contributed by atoms with van der Waals surface area (Å²) in [7, 11) is 0. The van der Waals surface area contributed by atoms with E-state index in [1.165, 1.54) is 6.20 Å². The number of nitrogens with zero attached hydrogens (tertiary/aromatic N) is 1. The lowest BCUT2D eigenvalue weighted by atomic mass is 10.2. The fourth-order valence-corrected chi connectivity index (χ4v) is 1.30. The van der Waals surface area contributed by atoms with Crippen molar-refractivity contribution in [2.75, 3.05) is 0 Å². The van der Waals surface area contributed by atoms with Crippen LogP contribution in [0.5, 0.6) is 0 Å². The molecule has 0 saturated carbocycles. The van der Waals surface area contributed by atoms with Crippen LogP contribution in [0.1, 0.15) is 10.9 Å². The highest BCUT2D eigenvalue weighted by Crippen LogP contribution is 2.15. The van der Waals surface area contributed by atoms with Crippen molar-refractivity contribution < 1.29 is 14.7 Å². The van der Waals surface area contributed by atoms with Crippen LogP contribution in [0.3, 0.4) is 0 Å². The zero-order valence-corrected chi connectivity index (χ0v) is 6.25. The van der Waals surface area contributed by atoms with Gasteiger partial charge < -0.3 is 9.90 Å². The Balaban J connectivity index is 2.88. The van der Waals surface area contributed by atoms with E-state index in [4.69, 9.17) is 5.11 Å². The van der Waals surface area contributed by atoms with Gasteiger partial charge in [-0.25, -0.2) is 4.98 Å². The Hall–Kier alpha value is -1.23. The second-order valence-corrected chi connectivity index (χ2v) is 2.75. The maximum atomic E-state index is 10.4. The molecule has 1 heterocycles. The molecule has 0 radical (unpaired) electrons. The minimum atomic E-state index is -1.16. The summed E-state index contributed by atoms with van der Waals surface area (Å²) in [5.41, 5.74) is 0. The number of carboxylic acid groups (broad SMARTS) is 1. The van der Waals surface area contributed by atoms with E-state index in [1.54, 1.807) is 5.38 Å². The van der Waals surface area contributed by atoms with Crippen molar-refractivity contribution in [3.8, 4) is 0 Å². The van der Waals surface area contributed by atoms with Crippen LogP contribution in [0.4, 0.5) is 0 Å². The molecule has 0 bridgehead atoms. The molecule has 11 heavy (non-hydrogen) atoms. The first-order valence-electron chi connectivity index (χ1n) is 2.83. The highest BCUT2D eigenvalue weighted by molar-refractivity contribution is 7.09. The van der Waals surface area contributed by atoms with Crippen LogP contribution in [0.25, 0.3) is 0 Å². The lowest BCUT2D eigenvalue weighted by Gasteiger charge is -1.97. The van der Waals surface area contributed by atoms with Gasteiger partial charge in [0.2, 0.25) is 0 Å². The predicted molar refractivity (Wildman–Crippen MR) is 38.6 cm³/mol. The molecule has 58 valence electrons. The Morgan fingerprint density at radius 1 is 1.82 bits per heavy atom. The molecule has 0 aromatic carbocycles. The van der Waals surface area contributed by atoms with Gasteiger partial charge in [0.15, 0.2) is 5.92 Å². The smallest absolute Gasteiger partial charge is 0.320 e. The van der Waals surface area contributed by atoms with Crippen molar-refractivity contribution >= 4 is 23.6 Å². The summed E-state index contributed by atoms with van der Waals surface area (Å²) in [6.45, 7) is 0. The van der Waals surface area contributed by atoms with Gasteiger partial charge in [-0.3, -0.25) is 4.79 Å². The first-order valence-corrected chi connectivity index (χ1v) is 3.71. The largest absolute Gasteiger partial charge is 0.480 e. The Morgan fingerprint density at radius 2 is 2.55 bits per heavy atom. The molecule has 5 heteroatoms. The summed E-state index contributed by atoms with van der Waals surface area (Å²) in [6.07, 6.45) is 1.85. The lowest BCUT2D eigenvalue weighted by molar-refractivity contribution is -0.140. The van der Waals surface area contributed by atoms with Crippen molar-refractivity contribution in [1.29, 1.82) is 0 Å². The summed E-state index contributed by atoms with van der Waals surface area (Å²) in [4.78, 5) is 24.3. The predicted octanol–water partition coefficient (Wildman–Crippen LogP) is 0.510. The topological polar surface area (TPSA) is 67.3 Å². The van der Waals surface area contributed by atoms with E-state index in [0.717, 1.165) is 11.3 Å². The van der Waals surface area contributed by atoms with Crippen molar-refractivity contribution in [3.05, 3.63) is 16.6 Å². The third-order valence-corrected chi connectivity index (χ3v) is 1.98. The monoisotopic (exact) mass is 171 g/mol. The SMILES string of the molecule is O=CC(C(=O)O)c1nccs1. The van der Waals surface area contributed by atoms with Crippen molar-refractivity contribution in [2.45, 2.75) is 5.92 Å². The van der Waals surface area contributed by atoms with Crippen molar-refractivity contribution in [2.24, 2.45) is 0 Å². The third-order valence-electron chi connectivity index (χ3n) is 1.12. The van der Waals surface area contributed by atoms with E-state index < -0.39 is 11.9 Å². The fraction of sp³-hybridized carbons (Fsp3) is 0.167. The number of aliphatic carboxylic acids is 1. The molecule has 0 aliphatic rings. The van der Waals surface area contributed by atoms with Gasteiger partial charge in [-0.05, 0) is 0 Å². The number of carboxylic acids is 1. The molecule has 1 unspecified atom stereocenters. The maximum Gasteiger partial charge on any atom is 0.320 e. The molecule has 0 spiro atoms. The van der Waals surface area contributed by atoms with Gasteiger partial charge in [0.05, 0.1) is 0 Å². The van der Waals surface area contributed by atoms with Gasteiger partial charge in [-0.1, -0.05) is 0 Å². The lowest BCUT2D eigenvalue weighted by Crippen LogP contribution is -2.12. The second-order valence-electron chi connectivity index (χ2n) is 1.82. The number of carbonyl (C=O) groups excluding carboxylic acids is 1. The van der Waals surface area contributed by atoms with Crippen LogP contribution >= 0.6 is 11.3 Å². The summed E-state index contributed by atoms with van der Waals surface area (Å²) in [5, 5.41) is 10.4. The van der Waals surface area contributed by atoms with Gasteiger partial charge >= 0.3 is 5.97 Å². The zero-order valence-electron chi connectivity index (χ0n) is 5.43. The molecule has 0 aliphatic carbocycles. The van der Waals surface area contributed by atoms with Crippen LogP contribution in [0.15, 0.2) is 11.6 Å². The molecule has 1 aromatic rings. The van der Waals surface area contributed by atoms with Crippen LogP contribution in [-0.4, -0.2) is 22.3 Å². The van der Waals surface area contributed by atoms with Gasteiger partial charge in [0.1, 0.15) is 11.3 Å². The van der Waals surface area contributed by atoms with E-state index in [-0.39, 0.29) is 0 Å². The number of aromatic nitrogens is 1. The van der Waals surface area contributed by atoms with E-state index in [9.17, 15) is 9.59 Å². The molecule has 4 nitrogen and oxygen atoms in total. The third kappa shape index (κ3) is 1.62. The molecular weight excluding hydrogens is 166 g/mol. The molecule has 1 N–H and O–H groups in total. The quantitative estimate of drug-likeness (QED) is 0.531. The molecule has 0 aliphatic heterocycles. The van der Waals surface area contributed by atoms with Crippen LogP contribution in [0, 0.1) is 0 Å². The summed E-state index contributed by atoms with van der Waals surface area (Å²) in [5.74, 6) is -2.26. The Kier molecular flexibility index (Phi) is 2.32. The average molecular weight is 171 g/mol. The van der Waals surface area contributed by atoms with Crippen molar-refractivity contribution in [1.82, 2.24) is 4.98 Å².